The Morgan fingerprint density at radius 2 is 1.75 bits per heavy atom. The summed E-state index contributed by atoms with van der Waals surface area (Å²) in [5, 5.41) is 2.68. The van der Waals surface area contributed by atoms with Crippen molar-refractivity contribution in [1.29, 1.82) is 0 Å². The number of amides is 1. The number of sulfonamides is 1. The molecule has 0 heterocycles. The number of hydrogen-bond acceptors (Lipinski definition) is 3. The van der Waals surface area contributed by atoms with Gasteiger partial charge in [0, 0.05) is 25.9 Å². The van der Waals surface area contributed by atoms with Crippen molar-refractivity contribution in [2.24, 2.45) is 0 Å². The Balaban J connectivity index is 2.19. The van der Waals surface area contributed by atoms with Gasteiger partial charge < -0.3 is 5.32 Å². The fraction of sp³-hybridized carbons (Fsp3) is 0.167. The van der Waals surface area contributed by atoms with Crippen LogP contribution in [0.1, 0.15) is 11.1 Å². The normalized spacial score (nSPS) is 11.8. The third-order valence-corrected chi connectivity index (χ3v) is 5.40. The summed E-state index contributed by atoms with van der Waals surface area (Å²) in [5.74, 6) is -0.323. The molecule has 1 N–H and O–H groups in total. The Bertz CT molecular complexity index is 857. The lowest BCUT2D eigenvalue weighted by Gasteiger charge is -2.14. The van der Waals surface area contributed by atoms with Crippen LogP contribution in [0.4, 0.5) is 5.69 Å². The molecule has 2 aromatic carbocycles. The van der Waals surface area contributed by atoms with Gasteiger partial charge in [-0.3, -0.25) is 4.79 Å². The zero-order valence-electron chi connectivity index (χ0n) is 13.9. The number of carbonyl (C=O) groups excluding carboxylic acids is 1. The third kappa shape index (κ3) is 4.31. The molecular weight excluding hydrogens is 324 g/mol. The van der Waals surface area contributed by atoms with Gasteiger partial charge in [-0.15, -0.1) is 0 Å². The largest absolute Gasteiger partial charge is 0.322 e. The Kier molecular flexibility index (Phi) is 5.54. The van der Waals surface area contributed by atoms with Gasteiger partial charge in [0.05, 0.1) is 4.90 Å². The number of hydrogen-bond donors (Lipinski definition) is 1. The van der Waals surface area contributed by atoms with E-state index in [1.54, 1.807) is 25.1 Å². The number of aryl methyl sites for hydroxylation is 1. The fourth-order valence-electron chi connectivity index (χ4n) is 2.07. The van der Waals surface area contributed by atoms with Gasteiger partial charge in [0.15, 0.2) is 0 Å². The van der Waals surface area contributed by atoms with Crippen molar-refractivity contribution >= 4 is 27.7 Å². The quantitative estimate of drug-likeness (QED) is 0.848. The van der Waals surface area contributed by atoms with Gasteiger partial charge in [-0.1, -0.05) is 36.4 Å². The van der Waals surface area contributed by atoms with E-state index in [9.17, 15) is 13.2 Å². The smallest absolute Gasteiger partial charge is 0.248 e. The van der Waals surface area contributed by atoms with Crippen LogP contribution in [0.15, 0.2) is 59.5 Å². The van der Waals surface area contributed by atoms with E-state index in [1.807, 2.05) is 30.3 Å². The van der Waals surface area contributed by atoms with E-state index < -0.39 is 10.0 Å². The first kappa shape index (κ1) is 17.9. The summed E-state index contributed by atoms with van der Waals surface area (Å²) >= 11 is 0. The first-order valence-electron chi connectivity index (χ1n) is 7.38. The van der Waals surface area contributed by atoms with Crippen LogP contribution in [0.25, 0.3) is 6.08 Å². The Morgan fingerprint density at radius 3 is 2.38 bits per heavy atom. The zero-order chi connectivity index (χ0) is 17.7. The summed E-state index contributed by atoms with van der Waals surface area (Å²) in [4.78, 5) is 12.2. The van der Waals surface area contributed by atoms with Gasteiger partial charge in [0.2, 0.25) is 15.9 Å². The molecule has 24 heavy (non-hydrogen) atoms. The molecule has 0 aliphatic carbocycles. The van der Waals surface area contributed by atoms with E-state index in [2.05, 4.69) is 5.32 Å². The molecule has 0 fully saturated rings. The first-order valence-corrected chi connectivity index (χ1v) is 8.82. The molecule has 0 aliphatic heterocycles. The highest BCUT2D eigenvalue weighted by Gasteiger charge is 2.20. The van der Waals surface area contributed by atoms with Crippen molar-refractivity contribution in [2.45, 2.75) is 11.8 Å². The lowest BCUT2D eigenvalue weighted by atomic mass is 10.2. The van der Waals surface area contributed by atoms with Crippen molar-refractivity contribution in [1.82, 2.24) is 4.31 Å². The monoisotopic (exact) mass is 344 g/mol. The van der Waals surface area contributed by atoms with Gasteiger partial charge in [-0.25, -0.2) is 12.7 Å². The van der Waals surface area contributed by atoms with Crippen LogP contribution in [0.2, 0.25) is 0 Å². The second-order valence-corrected chi connectivity index (χ2v) is 7.62. The number of nitrogens with zero attached hydrogens (tertiary/aromatic N) is 1. The number of anilines is 1. The van der Waals surface area contributed by atoms with Crippen LogP contribution < -0.4 is 5.32 Å². The Labute approximate surface area is 142 Å². The van der Waals surface area contributed by atoms with E-state index in [0.717, 1.165) is 9.87 Å². The molecule has 126 valence electrons. The molecule has 0 radical (unpaired) electrons. The summed E-state index contributed by atoms with van der Waals surface area (Å²) in [5.41, 5.74) is 1.97. The molecule has 2 rings (SSSR count). The van der Waals surface area contributed by atoms with Crippen molar-refractivity contribution < 1.29 is 13.2 Å². The second kappa shape index (κ2) is 7.42. The maximum atomic E-state index is 12.3. The molecule has 5 nitrogen and oxygen atoms in total. The molecule has 1 amide bonds. The average Bonchev–Trinajstić information content (AvgIpc) is 2.55. The fourth-order valence-corrected chi connectivity index (χ4v) is 3.22. The predicted octanol–water partition coefficient (Wildman–Crippen LogP) is 2.90. The van der Waals surface area contributed by atoms with Gasteiger partial charge >= 0.3 is 0 Å². The van der Waals surface area contributed by atoms with Crippen LogP contribution in [-0.2, 0) is 14.8 Å². The molecule has 0 unspecified atom stereocenters. The first-order chi connectivity index (χ1) is 11.3. The molecule has 0 bridgehead atoms. The minimum Gasteiger partial charge on any atom is -0.322 e. The van der Waals surface area contributed by atoms with Crippen LogP contribution in [-0.4, -0.2) is 32.7 Å². The summed E-state index contributed by atoms with van der Waals surface area (Å²) in [7, 11) is -0.607. The van der Waals surface area contributed by atoms with E-state index in [-0.39, 0.29) is 10.8 Å². The maximum Gasteiger partial charge on any atom is 0.248 e. The van der Waals surface area contributed by atoms with E-state index >= 15 is 0 Å². The second-order valence-electron chi connectivity index (χ2n) is 5.50. The van der Waals surface area contributed by atoms with E-state index in [1.165, 1.54) is 26.2 Å². The highest BCUT2D eigenvalue weighted by atomic mass is 32.2. The standard InChI is InChI=1S/C18H20N2O3S/c1-14-9-11-16(13-17(14)24(22,23)20(2)3)19-18(21)12-10-15-7-5-4-6-8-15/h4-13H,1-3H3,(H,19,21)/b12-10+. The van der Waals surface area contributed by atoms with Crippen LogP contribution in [0.3, 0.4) is 0 Å². The summed E-state index contributed by atoms with van der Waals surface area (Å²) in [6.07, 6.45) is 3.11. The van der Waals surface area contributed by atoms with E-state index in [4.69, 9.17) is 0 Å². The molecule has 0 spiro atoms. The highest BCUT2D eigenvalue weighted by Crippen LogP contribution is 2.22. The van der Waals surface area contributed by atoms with Crippen molar-refractivity contribution in [3.63, 3.8) is 0 Å². The minimum atomic E-state index is -3.56. The van der Waals surface area contributed by atoms with Crippen LogP contribution in [0, 0.1) is 6.92 Å². The number of rotatable bonds is 5. The maximum absolute atomic E-state index is 12.3. The molecule has 0 saturated heterocycles. The molecule has 2 aromatic rings. The van der Waals surface area contributed by atoms with E-state index in [0.29, 0.717) is 11.3 Å². The third-order valence-electron chi connectivity index (χ3n) is 3.44. The Morgan fingerprint density at radius 1 is 1.08 bits per heavy atom. The SMILES string of the molecule is Cc1ccc(NC(=O)/C=C/c2ccccc2)cc1S(=O)(=O)N(C)C. The zero-order valence-corrected chi connectivity index (χ0v) is 14.7. The number of nitrogens with one attached hydrogen (secondary N) is 1. The topological polar surface area (TPSA) is 66.5 Å². The lowest BCUT2D eigenvalue weighted by Crippen LogP contribution is -2.23. The van der Waals surface area contributed by atoms with Crippen LogP contribution in [0.5, 0.6) is 0 Å². The predicted molar refractivity (Wildman–Crippen MR) is 96.2 cm³/mol. The van der Waals surface area contributed by atoms with Gasteiger partial charge in [-0.05, 0) is 36.3 Å². The highest BCUT2D eigenvalue weighted by molar-refractivity contribution is 7.89. The Hall–Kier alpha value is -2.44. The van der Waals surface area contributed by atoms with Crippen molar-refractivity contribution in [3.05, 3.63) is 65.7 Å². The molecule has 6 heteroatoms. The summed E-state index contributed by atoms with van der Waals surface area (Å²) in [6.45, 7) is 1.72. The number of carbonyl (C=O) groups is 1. The van der Waals surface area contributed by atoms with Gasteiger partial charge in [-0.2, -0.15) is 0 Å². The van der Waals surface area contributed by atoms with Crippen molar-refractivity contribution in [2.75, 3.05) is 19.4 Å². The molecule has 0 aliphatic rings. The average molecular weight is 344 g/mol. The summed E-state index contributed by atoms with van der Waals surface area (Å²) in [6, 6.07) is 14.3. The molecular formula is C18H20N2O3S. The molecule has 0 atom stereocenters. The molecule has 0 saturated carbocycles. The van der Waals surface area contributed by atoms with Crippen LogP contribution >= 0.6 is 0 Å². The minimum absolute atomic E-state index is 0.178. The number of benzene rings is 2. The lowest BCUT2D eigenvalue weighted by molar-refractivity contribution is -0.111. The van der Waals surface area contributed by atoms with Crippen molar-refractivity contribution in [3.8, 4) is 0 Å². The molecule has 0 aromatic heterocycles. The summed E-state index contributed by atoms with van der Waals surface area (Å²) < 4.78 is 25.8. The van der Waals surface area contributed by atoms with Gasteiger partial charge in [0.25, 0.3) is 0 Å². The van der Waals surface area contributed by atoms with Gasteiger partial charge in [0.1, 0.15) is 0 Å².